The molecule has 25 heavy (non-hydrogen) atoms. The van der Waals surface area contributed by atoms with Gasteiger partial charge in [0.15, 0.2) is 5.78 Å². The third-order valence-electron chi connectivity index (χ3n) is 4.19. The van der Waals surface area contributed by atoms with Crippen LogP contribution in [0, 0.1) is 5.92 Å². The zero-order valence-corrected chi connectivity index (χ0v) is 13.8. The molecule has 0 aromatic heterocycles. The van der Waals surface area contributed by atoms with Gasteiger partial charge >= 0.3 is 5.97 Å². The van der Waals surface area contributed by atoms with E-state index in [9.17, 15) is 14.4 Å². The zero-order chi connectivity index (χ0) is 17.6. The van der Waals surface area contributed by atoms with E-state index in [1.54, 1.807) is 0 Å². The Kier molecular flexibility index (Phi) is 5.23. The lowest BCUT2D eigenvalue weighted by atomic mass is 9.94. The monoisotopic (exact) mass is 337 g/mol. The maximum absolute atomic E-state index is 12.3. The normalized spacial score (nSPS) is 17.4. The van der Waals surface area contributed by atoms with Crippen LogP contribution in [0.5, 0.6) is 0 Å². The van der Waals surface area contributed by atoms with Crippen LogP contribution in [0.2, 0.25) is 0 Å². The zero-order valence-electron chi connectivity index (χ0n) is 13.8. The van der Waals surface area contributed by atoms with Crippen LogP contribution in [0.25, 0.3) is 0 Å². The molecule has 2 aromatic carbocycles. The van der Waals surface area contributed by atoms with Gasteiger partial charge in [-0.1, -0.05) is 60.7 Å². The number of piperidine rings is 1. The number of hydrogen-bond acceptors (Lipinski definition) is 4. The molecule has 1 heterocycles. The number of esters is 1. The fourth-order valence-corrected chi connectivity index (χ4v) is 2.80. The summed E-state index contributed by atoms with van der Waals surface area (Å²) in [6.07, 6.45) is -0.126. The summed E-state index contributed by atoms with van der Waals surface area (Å²) in [5.41, 5.74) is 1.80. The first kappa shape index (κ1) is 16.9. The molecular formula is C20H19NO4. The molecule has 0 spiro atoms. The molecule has 0 bridgehead atoms. The van der Waals surface area contributed by atoms with E-state index in [1.807, 2.05) is 60.7 Å². The van der Waals surface area contributed by atoms with Gasteiger partial charge < -0.3 is 9.64 Å². The summed E-state index contributed by atoms with van der Waals surface area (Å²) in [6.45, 7) is 0.418. The predicted octanol–water partition coefficient (Wildman–Crippen LogP) is 2.35. The van der Waals surface area contributed by atoms with Crippen LogP contribution >= 0.6 is 0 Å². The highest BCUT2D eigenvalue weighted by Gasteiger charge is 2.38. The third-order valence-corrected chi connectivity index (χ3v) is 4.19. The summed E-state index contributed by atoms with van der Waals surface area (Å²) in [5, 5.41) is 0. The fraction of sp³-hybridized carbons (Fsp3) is 0.250. The van der Waals surface area contributed by atoms with Gasteiger partial charge in [-0.25, -0.2) is 0 Å². The number of carbonyl (C=O) groups excluding carboxylic acids is 3. The summed E-state index contributed by atoms with van der Waals surface area (Å²) in [7, 11) is 0. The Morgan fingerprint density at radius 2 is 1.56 bits per heavy atom. The van der Waals surface area contributed by atoms with E-state index < -0.39 is 11.9 Å². The smallest absolute Gasteiger partial charge is 0.317 e. The standard InChI is InChI=1S/C20H19NO4/c22-18-13-21(12-15-7-3-1-4-8-15)19(23)11-17(18)20(24)25-14-16-9-5-2-6-10-16/h1-10,17H,11-14H2/t17-/m1/s1. The maximum Gasteiger partial charge on any atom is 0.317 e. The summed E-state index contributed by atoms with van der Waals surface area (Å²) < 4.78 is 5.21. The lowest BCUT2D eigenvalue weighted by Crippen LogP contribution is -2.47. The van der Waals surface area contributed by atoms with Gasteiger partial charge in [0.1, 0.15) is 12.5 Å². The first-order valence-electron chi connectivity index (χ1n) is 8.18. The Morgan fingerprint density at radius 1 is 0.960 bits per heavy atom. The Balaban J connectivity index is 1.57. The molecule has 1 amide bonds. The van der Waals surface area contributed by atoms with Crippen molar-refractivity contribution in [1.82, 2.24) is 4.90 Å². The van der Waals surface area contributed by atoms with E-state index in [1.165, 1.54) is 4.90 Å². The molecule has 1 aliphatic rings. The second kappa shape index (κ2) is 7.75. The van der Waals surface area contributed by atoms with Crippen LogP contribution in [0.4, 0.5) is 0 Å². The van der Waals surface area contributed by atoms with Crippen molar-refractivity contribution >= 4 is 17.7 Å². The number of amides is 1. The first-order chi connectivity index (χ1) is 12.1. The van der Waals surface area contributed by atoms with Crippen molar-refractivity contribution in [2.75, 3.05) is 6.54 Å². The SMILES string of the molecule is O=C1CN(Cc2ccccc2)C(=O)C[C@H]1C(=O)OCc1ccccc1. The molecule has 1 atom stereocenters. The molecule has 5 nitrogen and oxygen atoms in total. The van der Waals surface area contributed by atoms with Gasteiger partial charge in [-0.05, 0) is 11.1 Å². The van der Waals surface area contributed by atoms with Crippen LogP contribution < -0.4 is 0 Å². The number of benzene rings is 2. The van der Waals surface area contributed by atoms with Crippen molar-refractivity contribution in [2.45, 2.75) is 19.6 Å². The molecule has 0 unspecified atom stereocenters. The van der Waals surface area contributed by atoms with E-state index >= 15 is 0 Å². The van der Waals surface area contributed by atoms with E-state index in [4.69, 9.17) is 4.74 Å². The second-order valence-electron chi connectivity index (χ2n) is 6.05. The van der Waals surface area contributed by atoms with Crippen LogP contribution in [-0.2, 0) is 32.3 Å². The summed E-state index contributed by atoms with van der Waals surface area (Å²) >= 11 is 0. The van der Waals surface area contributed by atoms with Crippen molar-refractivity contribution in [3.05, 3.63) is 71.8 Å². The lowest BCUT2D eigenvalue weighted by molar-refractivity contribution is -0.160. The minimum Gasteiger partial charge on any atom is -0.460 e. The molecular weight excluding hydrogens is 318 g/mol. The molecule has 1 fully saturated rings. The summed E-state index contributed by atoms with van der Waals surface area (Å²) in [4.78, 5) is 38.3. The van der Waals surface area contributed by atoms with Crippen molar-refractivity contribution in [3.8, 4) is 0 Å². The topological polar surface area (TPSA) is 63.7 Å². The fourth-order valence-electron chi connectivity index (χ4n) is 2.80. The van der Waals surface area contributed by atoms with Crippen molar-refractivity contribution in [2.24, 2.45) is 5.92 Å². The average molecular weight is 337 g/mol. The van der Waals surface area contributed by atoms with Gasteiger partial charge in [-0.3, -0.25) is 14.4 Å². The molecule has 0 aliphatic carbocycles. The quantitative estimate of drug-likeness (QED) is 0.621. The number of likely N-dealkylation sites (tertiary alicyclic amines) is 1. The molecule has 5 heteroatoms. The van der Waals surface area contributed by atoms with E-state index in [-0.39, 0.29) is 31.3 Å². The molecule has 128 valence electrons. The highest BCUT2D eigenvalue weighted by molar-refractivity contribution is 6.06. The van der Waals surface area contributed by atoms with Crippen molar-refractivity contribution in [1.29, 1.82) is 0 Å². The highest BCUT2D eigenvalue weighted by atomic mass is 16.5. The summed E-state index contributed by atoms with van der Waals surface area (Å²) in [6, 6.07) is 18.7. The first-order valence-corrected chi connectivity index (χ1v) is 8.18. The van der Waals surface area contributed by atoms with Crippen molar-refractivity contribution in [3.63, 3.8) is 0 Å². The molecule has 0 saturated carbocycles. The second-order valence-corrected chi connectivity index (χ2v) is 6.05. The van der Waals surface area contributed by atoms with Gasteiger partial charge in [-0.2, -0.15) is 0 Å². The number of carbonyl (C=O) groups is 3. The average Bonchev–Trinajstić information content (AvgIpc) is 2.64. The lowest BCUT2D eigenvalue weighted by Gasteiger charge is -2.29. The molecule has 0 N–H and O–H groups in total. The van der Waals surface area contributed by atoms with Crippen LogP contribution in [-0.4, -0.2) is 29.1 Å². The Morgan fingerprint density at radius 3 is 2.20 bits per heavy atom. The predicted molar refractivity (Wildman–Crippen MR) is 91.2 cm³/mol. The molecule has 1 aliphatic heterocycles. The Hall–Kier alpha value is -2.95. The van der Waals surface area contributed by atoms with Gasteiger partial charge in [0.05, 0.1) is 6.54 Å². The number of ketones is 1. The molecule has 0 radical (unpaired) electrons. The van der Waals surface area contributed by atoms with E-state index in [0.717, 1.165) is 11.1 Å². The number of ether oxygens (including phenoxy) is 1. The largest absolute Gasteiger partial charge is 0.460 e. The maximum atomic E-state index is 12.3. The molecule has 2 aromatic rings. The number of nitrogens with zero attached hydrogens (tertiary/aromatic N) is 1. The third kappa shape index (κ3) is 4.32. The minimum absolute atomic E-state index is 0.0567. The Labute approximate surface area is 146 Å². The van der Waals surface area contributed by atoms with Gasteiger partial charge in [0.2, 0.25) is 5.91 Å². The van der Waals surface area contributed by atoms with Gasteiger partial charge in [0, 0.05) is 13.0 Å². The van der Waals surface area contributed by atoms with E-state index in [2.05, 4.69) is 0 Å². The molecule has 3 rings (SSSR count). The van der Waals surface area contributed by atoms with Gasteiger partial charge in [0.25, 0.3) is 0 Å². The van der Waals surface area contributed by atoms with E-state index in [0.29, 0.717) is 6.54 Å². The number of Topliss-reactive ketones (excluding diaryl/α,β-unsaturated/α-hetero) is 1. The van der Waals surface area contributed by atoms with Crippen LogP contribution in [0.1, 0.15) is 17.5 Å². The van der Waals surface area contributed by atoms with Crippen molar-refractivity contribution < 1.29 is 19.1 Å². The summed E-state index contributed by atoms with van der Waals surface area (Å²) in [5.74, 6) is -2.09. The minimum atomic E-state index is -0.997. The van der Waals surface area contributed by atoms with Crippen LogP contribution in [0.3, 0.4) is 0 Å². The van der Waals surface area contributed by atoms with Crippen LogP contribution in [0.15, 0.2) is 60.7 Å². The number of hydrogen-bond donors (Lipinski definition) is 0. The molecule has 1 saturated heterocycles. The highest BCUT2D eigenvalue weighted by Crippen LogP contribution is 2.19. The Bertz CT molecular complexity index is 758. The number of rotatable bonds is 5. The van der Waals surface area contributed by atoms with Gasteiger partial charge in [-0.15, -0.1) is 0 Å².